The quantitative estimate of drug-likeness (QED) is 0.567. The van der Waals surface area contributed by atoms with E-state index in [0.29, 0.717) is 5.56 Å². The van der Waals surface area contributed by atoms with Gasteiger partial charge in [0, 0.05) is 6.42 Å². The second-order valence-electron chi connectivity index (χ2n) is 3.20. The van der Waals surface area contributed by atoms with Crippen molar-refractivity contribution in [2.45, 2.75) is 12.5 Å². The molecule has 1 aromatic carbocycles. The minimum Gasteiger partial charge on any atom is -0.545 e. The number of aliphatic carboxylic acids is 1. The number of carbonyl (C=O) groups is 2. The average Bonchev–Trinajstić information content (AvgIpc) is 2.18. The number of aromatic carboxylic acids is 1. The summed E-state index contributed by atoms with van der Waals surface area (Å²) in [6, 6.07) is 4.97. The molecule has 0 aliphatic heterocycles. The van der Waals surface area contributed by atoms with Crippen LogP contribution in [0, 0.1) is 0 Å². The standard InChI is InChI=1S/C10H11NO4/c11-8(10(14)15)5-6-1-3-7(4-2-6)9(12)13/h1-4,8H,5,11H2,(H,12,13)(H,14,15)/p-1/t8-/m0/s1. The third-order valence-corrected chi connectivity index (χ3v) is 2.01. The smallest absolute Gasteiger partial charge is 0.129 e. The van der Waals surface area contributed by atoms with E-state index < -0.39 is 18.0 Å². The van der Waals surface area contributed by atoms with E-state index in [0.717, 1.165) is 0 Å². The van der Waals surface area contributed by atoms with Crippen LogP contribution in [0.4, 0.5) is 0 Å². The van der Waals surface area contributed by atoms with Crippen LogP contribution >= 0.6 is 0 Å². The van der Waals surface area contributed by atoms with Gasteiger partial charge in [-0.2, -0.15) is 0 Å². The van der Waals surface area contributed by atoms with Gasteiger partial charge in [-0.25, -0.2) is 0 Å². The van der Waals surface area contributed by atoms with Gasteiger partial charge >= 0.3 is 0 Å². The summed E-state index contributed by atoms with van der Waals surface area (Å²) >= 11 is 0. The molecule has 0 bridgehead atoms. The van der Waals surface area contributed by atoms with Crippen LogP contribution < -0.4 is 15.9 Å². The maximum atomic E-state index is 10.4. The lowest BCUT2D eigenvalue weighted by molar-refractivity contribution is -0.437. The summed E-state index contributed by atoms with van der Waals surface area (Å²) in [4.78, 5) is 20.8. The Morgan fingerprint density at radius 3 is 2.13 bits per heavy atom. The second-order valence-corrected chi connectivity index (χ2v) is 3.20. The van der Waals surface area contributed by atoms with Crippen molar-refractivity contribution in [2.75, 3.05) is 0 Å². The monoisotopic (exact) mass is 208 g/mol. The molecule has 15 heavy (non-hydrogen) atoms. The summed E-state index contributed by atoms with van der Waals surface area (Å²) < 4.78 is 0. The Labute approximate surface area is 86.1 Å². The van der Waals surface area contributed by atoms with Gasteiger partial charge in [0.25, 0.3) is 0 Å². The van der Waals surface area contributed by atoms with Gasteiger partial charge in [-0.05, 0) is 11.1 Å². The zero-order valence-electron chi connectivity index (χ0n) is 7.93. The van der Waals surface area contributed by atoms with Crippen molar-refractivity contribution in [3.05, 3.63) is 35.4 Å². The third kappa shape index (κ3) is 3.07. The normalized spacial score (nSPS) is 12.1. The van der Waals surface area contributed by atoms with E-state index in [-0.39, 0.29) is 12.0 Å². The zero-order valence-corrected chi connectivity index (χ0v) is 7.93. The Morgan fingerprint density at radius 1 is 1.20 bits per heavy atom. The maximum Gasteiger partial charge on any atom is 0.129 e. The van der Waals surface area contributed by atoms with Crippen molar-refractivity contribution in [2.24, 2.45) is 0 Å². The Bertz CT molecular complexity index is 372. The predicted molar refractivity (Wildman–Crippen MR) is 46.2 cm³/mol. The Balaban J connectivity index is 2.72. The molecule has 0 aromatic heterocycles. The van der Waals surface area contributed by atoms with Crippen LogP contribution in [-0.2, 0) is 11.2 Å². The van der Waals surface area contributed by atoms with Gasteiger partial charge in [0.15, 0.2) is 0 Å². The number of benzene rings is 1. The lowest BCUT2D eigenvalue weighted by Gasteiger charge is -2.09. The fraction of sp³-hybridized carbons (Fsp3) is 0.200. The molecule has 0 unspecified atom stereocenters. The lowest BCUT2D eigenvalue weighted by atomic mass is 10.0. The predicted octanol–water partition coefficient (Wildman–Crippen LogP) is -3.05. The first-order valence-electron chi connectivity index (χ1n) is 4.35. The van der Waals surface area contributed by atoms with E-state index >= 15 is 0 Å². The lowest BCUT2D eigenvalue weighted by Crippen LogP contribution is -2.69. The molecule has 80 valence electrons. The molecule has 0 fully saturated rings. The molecular weight excluding hydrogens is 198 g/mol. The van der Waals surface area contributed by atoms with Crippen molar-refractivity contribution < 1.29 is 25.5 Å². The van der Waals surface area contributed by atoms with E-state index in [4.69, 9.17) is 0 Å². The highest BCUT2D eigenvalue weighted by molar-refractivity contribution is 5.85. The van der Waals surface area contributed by atoms with Crippen molar-refractivity contribution in [1.29, 1.82) is 0 Å². The van der Waals surface area contributed by atoms with Crippen LogP contribution in [-0.4, -0.2) is 18.0 Å². The van der Waals surface area contributed by atoms with E-state index in [9.17, 15) is 19.8 Å². The van der Waals surface area contributed by atoms with Gasteiger partial charge < -0.3 is 25.5 Å². The molecule has 1 atom stereocenters. The molecule has 0 amide bonds. The maximum absolute atomic E-state index is 10.4. The average molecular weight is 208 g/mol. The molecule has 1 rings (SSSR count). The largest absolute Gasteiger partial charge is 0.545 e. The SMILES string of the molecule is [NH3+][C@@H](Cc1ccc(C(=O)[O-])cc1)C(=O)[O-]. The first-order valence-corrected chi connectivity index (χ1v) is 4.35. The van der Waals surface area contributed by atoms with Gasteiger partial charge in [-0.15, -0.1) is 0 Å². The van der Waals surface area contributed by atoms with E-state index in [1.54, 1.807) is 0 Å². The fourth-order valence-electron chi connectivity index (χ4n) is 1.14. The van der Waals surface area contributed by atoms with Crippen LogP contribution in [0.5, 0.6) is 0 Å². The molecule has 0 saturated heterocycles. The molecule has 5 nitrogen and oxygen atoms in total. The van der Waals surface area contributed by atoms with Gasteiger partial charge in [0.05, 0.1) is 11.9 Å². The van der Waals surface area contributed by atoms with E-state index in [1.807, 2.05) is 0 Å². The number of rotatable bonds is 4. The number of hydrogen-bond acceptors (Lipinski definition) is 4. The molecule has 1 aromatic rings. The third-order valence-electron chi connectivity index (χ3n) is 2.01. The Morgan fingerprint density at radius 2 is 1.73 bits per heavy atom. The van der Waals surface area contributed by atoms with Crippen LogP contribution in [0.25, 0.3) is 0 Å². The van der Waals surface area contributed by atoms with Crippen LogP contribution in [0.3, 0.4) is 0 Å². The second kappa shape index (κ2) is 4.56. The fourth-order valence-corrected chi connectivity index (χ4v) is 1.14. The van der Waals surface area contributed by atoms with Gasteiger partial charge in [0.1, 0.15) is 6.04 Å². The van der Waals surface area contributed by atoms with Gasteiger partial charge in [0.2, 0.25) is 0 Å². The summed E-state index contributed by atoms with van der Waals surface area (Å²) in [5.74, 6) is -2.48. The minimum atomic E-state index is -1.26. The molecule has 0 aliphatic rings. The zero-order chi connectivity index (χ0) is 11.4. The molecule has 5 heteroatoms. The summed E-state index contributed by atoms with van der Waals surface area (Å²) in [5, 5.41) is 20.8. The number of hydrogen-bond donors (Lipinski definition) is 1. The number of quaternary nitrogens is 1. The summed E-state index contributed by atoms with van der Waals surface area (Å²) in [7, 11) is 0. The minimum absolute atomic E-state index is 0.0628. The summed E-state index contributed by atoms with van der Waals surface area (Å²) in [6.07, 6.45) is 0.218. The first-order chi connectivity index (χ1) is 7.00. The van der Waals surface area contributed by atoms with Crippen molar-refractivity contribution in [1.82, 2.24) is 0 Å². The molecule has 0 spiro atoms. The topological polar surface area (TPSA) is 108 Å². The highest BCUT2D eigenvalue weighted by Gasteiger charge is 2.08. The highest BCUT2D eigenvalue weighted by atomic mass is 16.4. The molecule has 0 saturated carbocycles. The van der Waals surface area contributed by atoms with E-state index in [1.165, 1.54) is 24.3 Å². The highest BCUT2D eigenvalue weighted by Crippen LogP contribution is 2.05. The van der Waals surface area contributed by atoms with Crippen LogP contribution in [0.1, 0.15) is 15.9 Å². The van der Waals surface area contributed by atoms with Crippen LogP contribution in [0.2, 0.25) is 0 Å². The summed E-state index contributed by atoms with van der Waals surface area (Å²) in [6.45, 7) is 0. The van der Waals surface area contributed by atoms with Gasteiger partial charge in [-0.3, -0.25) is 0 Å². The van der Waals surface area contributed by atoms with E-state index in [2.05, 4.69) is 5.73 Å². The molecule has 3 N–H and O–H groups in total. The molecule has 0 radical (unpaired) electrons. The summed E-state index contributed by atoms with van der Waals surface area (Å²) in [5.41, 5.74) is 4.16. The van der Waals surface area contributed by atoms with Crippen molar-refractivity contribution in [3.8, 4) is 0 Å². The van der Waals surface area contributed by atoms with Crippen LogP contribution in [0.15, 0.2) is 24.3 Å². The van der Waals surface area contributed by atoms with Crippen molar-refractivity contribution >= 4 is 11.9 Å². The Hall–Kier alpha value is -1.88. The van der Waals surface area contributed by atoms with Crippen molar-refractivity contribution in [3.63, 3.8) is 0 Å². The Kier molecular flexibility index (Phi) is 3.41. The number of carboxylic acids is 2. The molecular formula is C10H10NO4-. The number of carboxylic acid groups (broad SMARTS) is 2. The molecule has 0 heterocycles. The molecule has 0 aliphatic carbocycles. The van der Waals surface area contributed by atoms with Gasteiger partial charge in [-0.1, -0.05) is 24.3 Å². The number of carbonyl (C=O) groups excluding carboxylic acids is 2. The first kappa shape index (κ1) is 11.2.